The maximum atomic E-state index is 11.6. The molecule has 1 unspecified atom stereocenters. The number of carbonyl (C=O) groups excluding carboxylic acids is 1. The molecule has 0 aliphatic carbocycles. The summed E-state index contributed by atoms with van der Waals surface area (Å²) >= 11 is 0. The first-order valence-corrected chi connectivity index (χ1v) is 7.07. The molecule has 1 aliphatic heterocycles. The van der Waals surface area contributed by atoms with Crippen molar-refractivity contribution < 1.29 is 4.79 Å². The Kier molecular flexibility index (Phi) is 7.69. The molecular weight excluding hydrogens is 226 g/mol. The average molecular weight is 253 g/mol. The molecule has 4 nitrogen and oxygen atoms in total. The lowest BCUT2D eigenvalue weighted by Gasteiger charge is -2.32. The van der Waals surface area contributed by atoms with E-state index in [-0.39, 0.29) is 5.91 Å². The quantitative estimate of drug-likeness (QED) is 0.501. The van der Waals surface area contributed by atoms with Crippen LogP contribution in [0.1, 0.15) is 26.2 Å². The van der Waals surface area contributed by atoms with Gasteiger partial charge in [-0.1, -0.05) is 13.0 Å². The number of nitrogens with zero attached hydrogens (tertiary/aromatic N) is 1. The summed E-state index contributed by atoms with van der Waals surface area (Å²) in [6.45, 7) is 11.1. The first-order chi connectivity index (χ1) is 8.76. The van der Waals surface area contributed by atoms with E-state index in [0.717, 1.165) is 26.2 Å². The van der Waals surface area contributed by atoms with Crippen molar-refractivity contribution in [2.24, 2.45) is 5.92 Å². The van der Waals surface area contributed by atoms with Crippen LogP contribution in [0.5, 0.6) is 0 Å². The molecule has 1 heterocycles. The third-order valence-electron chi connectivity index (χ3n) is 3.27. The number of rotatable bonds is 8. The lowest BCUT2D eigenvalue weighted by molar-refractivity contribution is -0.122. The Hall–Kier alpha value is -0.870. The summed E-state index contributed by atoms with van der Waals surface area (Å²) in [6.07, 6.45) is 5.38. The zero-order chi connectivity index (χ0) is 13.2. The van der Waals surface area contributed by atoms with Crippen LogP contribution in [0.15, 0.2) is 12.7 Å². The standard InChI is InChI=1S/C14H27N3O/c1-3-7-15-10-13-6-5-9-17(11-13)12-14(18)16-8-4-2/h4,13,15H,2-3,5-12H2,1H3,(H,16,18). The summed E-state index contributed by atoms with van der Waals surface area (Å²) in [5.41, 5.74) is 0. The molecule has 0 radical (unpaired) electrons. The van der Waals surface area contributed by atoms with Gasteiger partial charge in [0.1, 0.15) is 0 Å². The highest BCUT2D eigenvalue weighted by atomic mass is 16.2. The van der Waals surface area contributed by atoms with Crippen molar-refractivity contribution >= 4 is 5.91 Å². The van der Waals surface area contributed by atoms with E-state index >= 15 is 0 Å². The van der Waals surface area contributed by atoms with Crippen molar-refractivity contribution in [3.8, 4) is 0 Å². The second-order valence-electron chi connectivity index (χ2n) is 5.04. The summed E-state index contributed by atoms with van der Waals surface area (Å²) in [7, 11) is 0. The van der Waals surface area contributed by atoms with Crippen LogP contribution in [0.2, 0.25) is 0 Å². The molecule has 0 aromatic heterocycles. The maximum absolute atomic E-state index is 11.6. The molecule has 18 heavy (non-hydrogen) atoms. The highest BCUT2D eigenvalue weighted by molar-refractivity contribution is 5.78. The van der Waals surface area contributed by atoms with Gasteiger partial charge < -0.3 is 10.6 Å². The Bertz CT molecular complexity index is 255. The number of nitrogens with one attached hydrogen (secondary N) is 2. The third kappa shape index (κ3) is 6.17. The molecule has 0 aromatic carbocycles. The number of carbonyl (C=O) groups is 1. The first-order valence-electron chi connectivity index (χ1n) is 7.07. The van der Waals surface area contributed by atoms with Crippen molar-refractivity contribution in [3.05, 3.63) is 12.7 Å². The van der Waals surface area contributed by atoms with Crippen molar-refractivity contribution in [1.29, 1.82) is 0 Å². The summed E-state index contributed by atoms with van der Waals surface area (Å²) in [4.78, 5) is 13.9. The van der Waals surface area contributed by atoms with Crippen LogP contribution in [0.25, 0.3) is 0 Å². The van der Waals surface area contributed by atoms with Gasteiger partial charge in [0.15, 0.2) is 0 Å². The smallest absolute Gasteiger partial charge is 0.234 e. The van der Waals surface area contributed by atoms with E-state index in [9.17, 15) is 4.79 Å². The van der Waals surface area contributed by atoms with Crippen LogP contribution in [0, 0.1) is 5.92 Å². The van der Waals surface area contributed by atoms with Gasteiger partial charge >= 0.3 is 0 Å². The zero-order valence-electron chi connectivity index (χ0n) is 11.6. The van der Waals surface area contributed by atoms with Crippen LogP contribution in [0.4, 0.5) is 0 Å². The van der Waals surface area contributed by atoms with Gasteiger partial charge in [-0.05, 0) is 44.8 Å². The molecule has 1 saturated heterocycles. The number of hydrogen-bond acceptors (Lipinski definition) is 3. The molecule has 0 spiro atoms. The molecule has 0 aromatic rings. The van der Waals surface area contributed by atoms with E-state index in [1.165, 1.54) is 19.3 Å². The molecule has 1 aliphatic rings. The van der Waals surface area contributed by atoms with Gasteiger partial charge in [0.05, 0.1) is 6.54 Å². The summed E-state index contributed by atoms with van der Waals surface area (Å²) < 4.78 is 0. The Morgan fingerprint density at radius 3 is 3.11 bits per heavy atom. The Morgan fingerprint density at radius 2 is 2.39 bits per heavy atom. The van der Waals surface area contributed by atoms with E-state index in [2.05, 4.69) is 29.0 Å². The molecule has 4 heteroatoms. The highest BCUT2D eigenvalue weighted by Crippen LogP contribution is 2.15. The maximum Gasteiger partial charge on any atom is 0.234 e. The van der Waals surface area contributed by atoms with Gasteiger partial charge in [-0.3, -0.25) is 9.69 Å². The summed E-state index contributed by atoms with van der Waals surface area (Å²) in [5.74, 6) is 0.801. The van der Waals surface area contributed by atoms with Crippen LogP contribution in [0.3, 0.4) is 0 Å². The van der Waals surface area contributed by atoms with Crippen LogP contribution in [-0.2, 0) is 4.79 Å². The fourth-order valence-corrected chi connectivity index (χ4v) is 2.39. The van der Waals surface area contributed by atoms with Gasteiger partial charge in [-0.25, -0.2) is 0 Å². The second-order valence-corrected chi connectivity index (χ2v) is 5.04. The largest absolute Gasteiger partial charge is 0.352 e. The van der Waals surface area contributed by atoms with Crippen molar-refractivity contribution in [1.82, 2.24) is 15.5 Å². The number of hydrogen-bond donors (Lipinski definition) is 2. The van der Waals surface area contributed by atoms with Gasteiger partial charge in [0.25, 0.3) is 0 Å². The zero-order valence-corrected chi connectivity index (χ0v) is 11.6. The molecule has 0 saturated carbocycles. The molecular formula is C14H27N3O. The van der Waals surface area contributed by atoms with Gasteiger partial charge in [0, 0.05) is 13.1 Å². The minimum absolute atomic E-state index is 0.108. The van der Waals surface area contributed by atoms with Gasteiger partial charge in [-0.2, -0.15) is 0 Å². The van der Waals surface area contributed by atoms with Crippen molar-refractivity contribution in [2.75, 3.05) is 39.3 Å². The lowest BCUT2D eigenvalue weighted by Crippen LogP contribution is -2.44. The fourth-order valence-electron chi connectivity index (χ4n) is 2.39. The monoisotopic (exact) mass is 253 g/mol. The second kappa shape index (κ2) is 9.11. The minimum Gasteiger partial charge on any atom is -0.352 e. The Labute approximate surface area is 111 Å². The normalized spacial score (nSPS) is 20.6. The molecule has 1 atom stereocenters. The molecule has 1 amide bonds. The predicted molar refractivity (Wildman–Crippen MR) is 75.5 cm³/mol. The van der Waals surface area contributed by atoms with E-state index in [4.69, 9.17) is 0 Å². The number of amides is 1. The van der Waals surface area contributed by atoms with Crippen LogP contribution in [-0.4, -0.2) is 50.1 Å². The Morgan fingerprint density at radius 1 is 1.56 bits per heavy atom. The van der Waals surface area contributed by atoms with E-state index < -0.39 is 0 Å². The van der Waals surface area contributed by atoms with Crippen LogP contribution >= 0.6 is 0 Å². The average Bonchev–Trinajstić information content (AvgIpc) is 2.37. The SMILES string of the molecule is C=CCNC(=O)CN1CCCC(CNCCC)C1. The van der Waals surface area contributed by atoms with Gasteiger partial charge in [-0.15, -0.1) is 6.58 Å². The molecule has 0 bridgehead atoms. The van der Waals surface area contributed by atoms with E-state index in [1.807, 2.05) is 0 Å². The topological polar surface area (TPSA) is 44.4 Å². The first kappa shape index (κ1) is 15.2. The molecule has 1 fully saturated rings. The van der Waals surface area contributed by atoms with Crippen molar-refractivity contribution in [3.63, 3.8) is 0 Å². The summed E-state index contributed by atoms with van der Waals surface area (Å²) in [5, 5.41) is 6.30. The van der Waals surface area contributed by atoms with Crippen molar-refractivity contribution in [2.45, 2.75) is 26.2 Å². The molecule has 104 valence electrons. The predicted octanol–water partition coefficient (Wildman–Crippen LogP) is 1.00. The highest BCUT2D eigenvalue weighted by Gasteiger charge is 2.20. The molecule has 1 rings (SSSR count). The van der Waals surface area contributed by atoms with E-state index in [1.54, 1.807) is 6.08 Å². The number of likely N-dealkylation sites (tertiary alicyclic amines) is 1. The van der Waals surface area contributed by atoms with Gasteiger partial charge in [0.2, 0.25) is 5.91 Å². The summed E-state index contributed by atoms with van der Waals surface area (Å²) in [6, 6.07) is 0. The Balaban J connectivity index is 2.21. The minimum atomic E-state index is 0.108. The third-order valence-corrected chi connectivity index (χ3v) is 3.27. The lowest BCUT2D eigenvalue weighted by atomic mass is 9.98. The fraction of sp³-hybridized carbons (Fsp3) is 0.786. The molecule has 2 N–H and O–H groups in total. The number of piperidine rings is 1. The van der Waals surface area contributed by atoms with Crippen LogP contribution < -0.4 is 10.6 Å². The van der Waals surface area contributed by atoms with E-state index in [0.29, 0.717) is 19.0 Å².